The molecule has 50 valence electrons. The Hall–Kier alpha value is -1.09. The number of hydrogen-bond donors (Lipinski definition) is 0. The van der Waals surface area contributed by atoms with Gasteiger partial charge in [0.15, 0.2) is 0 Å². The van der Waals surface area contributed by atoms with Gasteiger partial charge in [-0.05, 0) is 6.07 Å². The van der Waals surface area contributed by atoms with Gasteiger partial charge in [0, 0.05) is 5.39 Å². The van der Waals surface area contributed by atoms with Crippen molar-refractivity contribution in [3.05, 3.63) is 30.5 Å². The van der Waals surface area contributed by atoms with Gasteiger partial charge in [0.25, 0.3) is 0 Å². The molecule has 0 aliphatic rings. The Morgan fingerprint density at radius 3 is 2.90 bits per heavy atom. The molecule has 2 nitrogen and oxygen atoms in total. The molecule has 0 spiro atoms. The van der Waals surface area contributed by atoms with Crippen LogP contribution in [0.2, 0.25) is 0 Å². The molecule has 1 heterocycles. The van der Waals surface area contributed by atoms with Gasteiger partial charge in [0.05, 0.1) is 11.7 Å². The van der Waals surface area contributed by atoms with E-state index >= 15 is 0 Å². The standard InChI is InChI=1S/C7H8N2Si/c10-9-7-4-2-1-3-6(7)5-8-9/h1-5H,10H3. The van der Waals surface area contributed by atoms with E-state index in [0.717, 1.165) is 10.4 Å². The smallest absolute Gasteiger partial charge is 0.139 e. The van der Waals surface area contributed by atoms with Crippen molar-refractivity contribution in [2.45, 2.75) is 0 Å². The summed E-state index contributed by atoms with van der Waals surface area (Å²) in [6.07, 6.45) is 1.91. The van der Waals surface area contributed by atoms with Crippen LogP contribution in [0.25, 0.3) is 10.9 Å². The Morgan fingerprint density at radius 1 is 1.30 bits per heavy atom. The van der Waals surface area contributed by atoms with Crippen LogP contribution in [0.15, 0.2) is 30.5 Å². The Balaban J connectivity index is 2.93. The molecule has 10 heavy (non-hydrogen) atoms. The van der Waals surface area contributed by atoms with Gasteiger partial charge in [-0.1, -0.05) is 18.2 Å². The molecular formula is C7H8N2Si. The third-order valence-corrected chi connectivity index (χ3v) is 2.37. The summed E-state index contributed by atoms with van der Waals surface area (Å²) >= 11 is 0. The molecule has 0 amide bonds. The van der Waals surface area contributed by atoms with E-state index in [4.69, 9.17) is 0 Å². The second-order valence-electron chi connectivity index (χ2n) is 2.33. The average Bonchev–Trinajstić information content (AvgIpc) is 2.34. The van der Waals surface area contributed by atoms with E-state index in [1.807, 2.05) is 22.7 Å². The average molecular weight is 148 g/mol. The molecule has 0 N–H and O–H groups in total. The van der Waals surface area contributed by atoms with Crippen LogP contribution in [-0.4, -0.2) is 19.9 Å². The first-order valence-electron chi connectivity index (χ1n) is 3.25. The molecule has 3 heteroatoms. The minimum Gasteiger partial charge on any atom is -0.305 e. The molecule has 0 bridgehead atoms. The van der Waals surface area contributed by atoms with Crippen molar-refractivity contribution < 1.29 is 0 Å². The van der Waals surface area contributed by atoms with Crippen molar-refractivity contribution in [1.82, 2.24) is 9.45 Å². The van der Waals surface area contributed by atoms with Crippen LogP contribution in [0.4, 0.5) is 0 Å². The fourth-order valence-electron chi connectivity index (χ4n) is 1.10. The van der Waals surface area contributed by atoms with E-state index in [2.05, 4.69) is 17.2 Å². The maximum atomic E-state index is 4.17. The van der Waals surface area contributed by atoms with Crippen molar-refractivity contribution in [2.24, 2.45) is 0 Å². The summed E-state index contributed by atoms with van der Waals surface area (Å²) in [7, 11) is 0.965. The summed E-state index contributed by atoms with van der Waals surface area (Å²) in [4.78, 5) is 0. The highest BCUT2D eigenvalue weighted by atomic mass is 28.2. The Kier molecular flexibility index (Phi) is 1.11. The van der Waals surface area contributed by atoms with Crippen LogP contribution in [0.5, 0.6) is 0 Å². The van der Waals surface area contributed by atoms with Crippen LogP contribution in [0.3, 0.4) is 0 Å². The lowest BCUT2D eigenvalue weighted by Crippen LogP contribution is -1.91. The first-order valence-corrected chi connectivity index (χ1v) is 4.14. The Labute approximate surface area is 62.0 Å². The van der Waals surface area contributed by atoms with Gasteiger partial charge in [-0.15, -0.1) is 0 Å². The second-order valence-corrected chi connectivity index (χ2v) is 3.17. The molecule has 0 fully saturated rings. The number of fused-ring (bicyclic) bond motifs is 1. The van der Waals surface area contributed by atoms with Crippen molar-refractivity contribution in [1.29, 1.82) is 0 Å². The highest BCUT2D eigenvalue weighted by molar-refractivity contribution is 6.10. The number of aromatic nitrogens is 2. The molecule has 0 radical (unpaired) electrons. The lowest BCUT2D eigenvalue weighted by molar-refractivity contribution is 1.02. The summed E-state index contributed by atoms with van der Waals surface area (Å²) in [5.74, 6) is 0. The highest BCUT2D eigenvalue weighted by Crippen LogP contribution is 2.09. The van der Waals surface area contributed by atoms with Gasteiger partial charge in [-0.25, -0.2) is 0 Å². The van der Waals surface area contributed by atoms with Crippen LogP contribution in [-0.2, 0) is 0 Å². The Bertz CT molecular complexity index is 353. The first-order chi connectivity index (χ1) is 4.88. The van der Waals surface area contributed by atoms with Gasteiger partial charge in [-0.2, -0.15) is 5.10 Å². The van der Waals surface area contributed by atoms with Crippen LogP contribution < -0.4 is 0 Å². The monoisotopic (exact) mass is 148 g/mol. The molecular weight excluding hydrogens is 140 g/mol. The van der Waals surface area contributed by atoms with E-state index in [1.165, 1.54) is 10.9 Å². The number of hydrogen-bond acceptors (Lipinski definition) is 1. The molecule has 2 aromatic rings. The minimum atomic E-state index is 0.965. The minimum absolute atomic E-state index is 0.965. The molecule has 1 aromatic heterocycles. The fraction of sp³-hybridized carbons (Fsp3) is 0. The maximum Gasteiger partial charge on any atom is 0.139 e. The molecule has 0 unspecified atom stereocenters. The number of para-hydroxylation sites is 1. The van der Waals surface area contributed by atoms with E-state index < -0.39 is 0 Å². The lowest BCUT2D eigenvalue weighted by atomic mass is 10.3. The predicted molar refractivity (Wildman–Crippen MR) is 45.1 cm³/mol. The molecule has 1 aromatic carbocycles. The SMILES string of the molecule is [SiH3]n1ncc2ccccc21. The number of nitrogens with zero attached hydrogens (tertiary/aromatic N) is 2. The van der Waals surface area contributed by atoms with Crippen molar-refractivity contribution in [3.63, 3.8) is 0 Å². The van der Waals surface area contributed by atoms with Gasteiger partial charge < -0.3 is 4.35 Å². The number of rotatable bonds is 0. The van der Waals surface area contributed by atoms with Crippen molar-refractivity contribution in [3.8, 4) is 0 Å². The van der Waals surface area contributed by atoms with Crippen LogP contribution in [0.1, 0.15) is 0 Å². The summed E-state index contributed by atoms with van der Waals surface area (Å²) in [5.41, 5.74) is 1.24. The largest absolute Gasteiger partial charge is 0.305 e. The van der Waals surface area contributed by atoms with Crippen LogP contribution >= 0.6 is 0 Å². The second kappa shape index (κ2) is 1.95. The molecule has 0 aliphatic heterocycles. The fourth-order valence-corrected chi connectivity index (χ4v) is 1.63. The summed E-state index contributed by atoms with van der Waals surface area (Å²) in [5, 5.41) is 5.41. The molecule has 0 atom stereocenters. The Morgan fingerprint density at radius 2 is 2.10 bits per heavy atom. The van der Waals surface area contributed by atoms with Gasteiger partial charge in [0.2, 0.25) is 0 Å². The van der Waals surface area contributed by atoms with E-state index in [1.54, 1.807) is 0 Å². The summed E-state index contributed by atoms with van der Waals surface area (Å²) in [6.45, 7) is 0. The van der Waals surface area contributed by atoms with Gasteiger partial charge >= 0.3 is 0 Å². The number of benzene rings is 1. The zero-order valence-corrected chi connectivity index (χ0v) is 7.78. The first kappa shape index (κ1) is 5.67. The van der Waals surface area contributed by atoms with E-state index in [0.29, 0.717) is 0 Å². The zero-order valence-electron chi connectivity index (χ0n) is 5.78. The highest BCUT2D eigenvalue weighted by Gasteiger charge is 1.93. The normalized spacial score (nSPS) is 10.8. The zero-order chi connectivity index (χ0) is 6.97. The van der Waals surface area contributed by atoms with Crippen molar-refractivity contribution in [2.75, 3.05) is 0 Å². The van der Waals surface area contributed by atoms with Gasteiger partial charge in [0.1, 0.15) is 10.4 Å². The quantitative estimate of drug-likeness (QED) is 0.487. The van der Waals surface area contributed by atoms with Crippen molar-refractivity contribution >= 4 is 21.3 Å². The molecule has 2 rings (SSSR count). The lowest BCUT2D eigenvalue weighted by Gasteiger charge is -1.90. The van der Waals surface area contributed by atoms with Crippen LogP contribution in [0, 0.1) is 0 Å². The summed E-state index contributed by atoms with van der Waals surface area (Å²) < 4.78 is 2.01. The van der Waals surface area contributed by atoms with E-state index in [-0.39, 0.29) is 0 Å². The molecule has 0 aliphatic carbocycles. The molecule has 0 saturated carbocycles. The third kappa shape index (κ3) is 0.674. The van der Waals surface area contributed by atoms with E-state index in [9.17, 15) is 0 Å². The maximum absolute atomic E-state index is 4.17. The predicted octanol–water partition coefficient (Wildman–Crippen LogP) is 0.165. The van der Waals surface area contributed by atoms with Gasteiger partial charge in [-0.3, -0.25) is 0 Å². The summed E-state index contributed by atoms with van der Waals surface area (Å²) in [6, 6.07) is 8.25. The topological polar surface area (TPSA) is 17.8 Å². The molecule has 0 saturated heterocycles. The third-order valence-electron chi connectivity index (χ3n) is 1.66.